The minimum Gasteiger partial charge on any atom is -0.497 e. The molecule has 1 aliphatic heterocycles. The van der Waals surface area contributed by atoms with Crippen molar-refractivity contribution >= 4 is 5.91 Å². The average Bonchev–Trinajstić information content (AvgIpc) is 2.98. The number of ether oxygens (including phenoxy) is 2. The highest BCUT2D eigenvalue weighted by Gasteiger charge is 2.22. The molecule has 1 atom stereocenters. The van der Waals surface area contributed by atoms with Gasteiger partial charge in [-0.25, -0.2) is 4.98 Å². The van der Waals surface area contributed by atoms with E-state index in [1.807, 2.05) is 18.2 Å². The van der Waals surface area contributed by atoms with Crippen LogP contribution in [-0.2, 0) is 6.42 Å². The van der Waals surface area contributed by atoms with Crippen LogP contribution in [0, 0.1) is 12.8 Å². The van der Waals surface area contributed by atoms with Gasteiger partial charge in [0.1, 0.15) is 17.3 Å². The smallest absolute Gasteiger partial charge is 0.273 e. The molecule has 1 aromatic heterocycles. The molecule has 116 valence electrons. The van der Waals surface area contributed by atoms with Crippen LogP contribution in [0.15, 0.2) is 29.0 Å². The van der Waals surface area contributed by atoms with Crippen molar-refractivity contribution in [1.82, 2.24) is 10.3 Å². The van der Waals surface area contributed by atoms with Crippen LogP contribution in [0.25, 0.3) is 0 Å². The predicted octanol–water partition coefficient (Wildman–Crippen LogP) is 1.97. The van der Waals surface area contributed by atoms with E-state index < -0.39 is 0 Å². The summed E-state index contributed by atoms with van der Waals surface area (Å²) in [6.45, 7) is 2.82. The number of benzene rings is 1. The number of fused-ring (bicyclic) bond motifs is 1. The number of amides is 1. The molecule has 22 heavy (non-hydrogen) atoms. The number of rotatable bonds is 4. The van der Waals surface area contributed by atoms with Gasteiger partial charge in [-0.05, 0) is 25.0 Å². The molecule has 2 heterocycles. The molecular formula is C16H18N2O4. The van der Waals surface area contributed by atoms with Gasteiger partial charge in [0, 0.05) is 18.5 Å². The average molecular weight is 302 g/mol. The summed E-state index contributed by atoms with van der Waals surface area (Å²) in [5.41, 5.74) is 1.46. The number of nitrogens with zero attached hydrogens (tertiary/aromatic N) is 1. The number of hydrogen-bond donors (Lipinski definition) is 1. The fourth-order valence-corrected chi connectivity index (χ4v) is 2.52. The van der Waals surface area contributed by atoms with Crippen molar-refractivity contribution in [3.8, 4) is 11.5 Å². The Balaban J connectivity index is 1.59. The molecule has 0 aliphatic carbocycles. The molecule has 1 aliphatic rings. The maximum absolute atomic E-state index is 12.0. The van der Waals surface area contributed by atoms with Crippen LogP contribution in [0.5, 0.6) is 11.5 Å². The Morgan fingerprint density at radius 3 is 3.09 bits per heavy atom. The summed E-state index contributed by atoms with van der Waals surface area (Å²) in [6.07, 6.45) is 2.13. The third-order valence-corrected chi connectivity index (χ3v) is 3.77. The molecule has 0 fully saturated rings. The largest absolute Gasteiger partial charge is 0.497 e. The number of hydrogen-bond acceptors (Lipinski definition) is 5. The summed E-state index contributed by atoms with van der Waals surface area (Å²) < 4.78 is 16.0. The molecule has 0 saturated heterocycles. The minimum absolute atomic E-state index is 0.216. The highest BCUT2D eigenvalue weighted by molar-refractivity contribution is 5.93. The summed E-state index contributed by atoms with van der Waals surface area (Å²) in [6, 6.07) is 5.81. The normalized spacial score (nSPS) is 16.5. The second-order valence-corrected chi connectivity index (χ2v) is 5.32. The van der Waals surface area contributed by atoms with E-state index in [9.17, 15) is 4.79 Å². The monoisotopic (exact) mass is 302 g/mol. The highest BCUT2D eigenvalue weighted by atomic mass is 16.5. The molecule has 1 aromatic carbocycles. The van der Waals surface area contributed by atoms with Gasteiger partial charge in [0.05, 0.1) is 13.7 Å². The molecule has 1 amide bonds. The van der Waals surface area contributed by atoms with Crippen LogP contribution in [-0.4, -0.2) is 31.2 Å². The highest BCUT2D eigenvalue weighted by Crippen LogP contribution is 2.30. The third-order valence-electron chi connectivity index (χ3n) is 3.77. The number of methoxy groups -OCH3 is 1. The Bertz CT molecular complexity index is 681. The van der Waals surface area contributed by atoms with E-state index in [2.05, 4.69) is 10.3 Å². The molecule has 0 saturated carbocycles. The third kappa shape index (κ3) is 2.90. The fourth-order valence-electron chi connectivity index (χ4n) is 2.52. The molecule has 0 bridgehead atoms. The zero-order valence-electron chi connectivity index (χ0n) is 12.6. The number of aromatic nitrogens is 1. The first kappa shape index (κ1) is 14.4. The predicted molar refractivity (Wildman–Crippen MR) is 79.3 cm³/mol. The Labute approximate surface area is 128 Å². The summed E-state index contributed by atoms with van der Waals surface area (Å²) in [5, 5.41) is 2.88. The van der Waals surface area contributed by atoms with E-state index in [-0.39, 0.29) is 11.8 Å². The Morgan fingerprint density at radius 1 is 1.50 bits per heavy atom. The second kappa shape index (κ2) is 6.09. The van der Waals surface area contributed by atoms with E-state index in [0.29, 0.717) is 24.6 Å². The molecule has 0 unspecified atom stereocenters. The van der Waals surface area contributed by atoms with Crippen molar-refractivity contribution in [3.05, 3.63) is 41.6 Å². The zero-order chi connectivity index (χ0) is 15.5. The summed E-state index contributed by atoms with van der Waals surface area (Å²) in [7, 11) is 1.63. The van der Waals surface area contributed by atoms with Gasteiger partial charge >= 0.3 is 0 Å². The maximum Gasteiger partial charge on any atom is 0.273 e. The first-order valence-electron chi connectivity index (χ1n) is 7.15. The first-order chi connectivity index (χ1) is 10.7. The maximum atomic E-state index is 12.0. The lowest BCUT2D eigenvalue weighted by Crippen LogP contribution is -2.35. The zero-order valence-corrected chi connectivity index (χ0v) is 12.6. The fraction of sp³-hybridized carbons (Fsp3) is 0.375. The molecule has 0 radical (unpaired) electrons. The Morgan fingerprint density at radius 2 is 2.36 bits per heavy atom. The standard InChI is InChI=1S/C16H18N2O4/c1-10-15(18-9-22-10)16(19)17-7-11-5-12-3-4-13(20-2)6-14(12)21-8-11/h3-4,6,9,11H,5,7-8H2,1-2H3,(H,17,19)/t11-/m0/s1. The number of carbonyl (C=O) groups is 1. The molecule has 6 heteroatoms. The van der Waals surface area contributed by atoms with Crippen molar-refractivity contribution in [2.45, 2.75) is 13.3 Å². The molecular weight excluding hydrogens is 284 g/mol. The van der Waals surface area contributed by atoms with Gasteiger partial charge < -0.3 is 19.2 Å². The van der Waals surface area contributed by atoms with Gasteiger partial charge in [0.25, 0.3) is 5.91 Å². The van der Waals surface area contributed by atoms with E-state index in [1.165, 1.54) is 6.39 Å². The lowest BCUT2D eigenvalue weighted by molar-refractivity contribution is 0.0933. The summed E-state index contributed by atoms with van der Waals surface area (Å²) in [4.78, 5) is 15.9. The number of aryl methyl sites for hydroxylation is 1. The van der Waals surface area contributed by atoms with Gasteiger partial charge in [-0.2, -0.15) is 0 Å². The van der Waals surface area contributed by atoms with Crippen molar-refractivity contribution in [3.63, 3.8) is 0 Å². The van der Waals surface area contributed by atoms with Crippen molar-refractivity contribution in [1.29, 1.82) is 0 Å². The van der Waals surface area contributed by atoms with E-state index >= 15 is 0 Å². The van der Waals surface area contributed by atoms with Crippen LogP contribution in [0.1, 0.15) is 21.8 Å². The molecule has 1 N–H and O–H groups in total. The summed E-state index contributed by atoms with van der Waals surface area (Å²) in [5.74, 6) is 2.18. The SMILES string of the molecule is COc1ccc2c(c1)OC[C@H](CNC(=O)c1ncoc1C)C2. The first-order valence-corrected chi connectivity index (χ1v) is 7.15. The molecule has 2 aromatic rings. The Hall–Kier alpha value is -2.50. The Kier molecular flexibility index (Phi) is 4.00. The van der Waals surface area contributed by atoms with Crippen LogP contribution in [0.3, 0.4) is 0 Å². The van der Waals surface area contributed by atoms with Crippen LogP contribution >= 0.6 is 0 Å². The second-order valence-electron chi connectivity index (χ2n) is 5.32. The van der Waals surface area contributed by atoms with Gasteiger partial charge in [0.15, 0.2) is 12.1 Å². The number of oxazole rings is 1. The minimum atomic E-state index is -0.216. The van der Waals surface area contributed by atoms with Gasteiger partial charge in [-0.1, -0.05) is 6.07 Å². The van der Waals surface area contributed by atoms with E-state index in [4.69, 9.17) is 13.9 Å². The summed E-state index contributed by atoms with van der Waals surface area (Å²) >= 11 is 0. The molecule has 6 nitrogen and oxygen atoms in total. The van der Waals surface area contributed by atoms with Crippen LogP contribution in [0.2, 0.25) is 0 Å². The van der Waals surface area contributed by atoms with E-state index in [1.54, 1.807) is 14.0 Å². The quantitative estimate of drug-likeness (QED) is 0.934. The van der Waals surface area contributed by atoms with Gasteiger partial charge in [-0.15, -0.1) is 0 Å². The molecule has 3 rings (SSSR count). The molecule has 0 spiro atoms. The topological polar surface area (TPSA) is 73.6 Å². The van der Waals surface area contributed by atoms with Crippen LogP contribution < -0.4 is 14.8 Å². The lowest BCUT2D eigenvalue weighted by Gasteiger charge is -2.25. The van der Waals surface area contributed by atoms with Crippen molar-refractivity contribution in [2.75, 3.05) is 20.3 Å². The van der Waals surface area contributed by atoms with Crippen LogP contribution in [0.4, 0.5) is 0 Å². The number of nitrogens with one attached hydrogen (secondary N) is 1. The van der Waals surface area contributed by atoms with Gasteiger partial charge in [0.2, 0.25) is 0 Å². The lowest BCUT2D eigenvalue weighted by atomic mass is 9.96. The van der Waals surface area contributed by atoms with E-state index in [0.717, 1.165) is 23.5 Å². The van der Waals surface area contributed by atoms with Crippen molar-refractivity contribution < 1.29 is 18.7 Å². The van der Waals surface area contributed by atoms with Gasteiger partial charge in [-0.3, -0.25) is 4.79 Å². The van der Waals surface area contributed by atoms with Crippen molar-refractivity contribution in [2.24, 2.45) is 5.92 Å². The number of carbonyl (C=O) groups excluding carboxylic acids is 1.